The quantitative estimate of drug-likeness (QED) is 0.865. The first-order chi connectivity index (χ1) is 9.25. The van der Waals surface area contributed by atoms with Crippen LogP contribution in [0.2, 0.25) is 0 Å². The van der Waals surface area contributed by atoms with E-state index in [1.165, 1.54) is 25.1 Å². The highest BCUT2D eigenvalue weighted by atomic mass is 19.4. The molecule has 0 aromatic heterocycles. The molecule has 1 N–H and O–H groups in total. The lowest BCUT2D eigenvalue weighted by Crippen LogP contribution is -2.51. The number of ether oxygens (including phenoxy) is 1. The van der Waals surface area contributed by atoms with Crippen LogP contribution < -0.4 is 5.32 Å². The molecular formula is C13H14F3NO3. The summed E-state index contributed by atoms with van der Waals surface area (Å²) in [4.78, 5) is 23.0. The molecule has 1 aromatic rings. The van der Waals surface area contributed by atoms with Gasteiger partial charge in [-0.25, -0.2) is 4.79 Å². The fraction of sp³-hybridized carbons (Fsp3) is 0.385. The first-order valence-electron chi connectivity index (χ1n) is 5.86. The Hall–Kier alpha value is -2.05. The molecule has 0 saturated carbocycles. The molecule has 1 unspecified atom stereocenters. The molecule has 110 valence electrons. The van der Waals surface area contributed by atoms with E-state index in [0.29, 0.717) is 0 Å². The fourth-order valence-electron chi connectivity index (χ4n) is 1.50. The molecule has 20 heavy (non-hydrogen) atoms. The maximum Gasteiger partial charge on any atom is 0.419 e. The van der Waals surface area contributed by atoms with Gasteiger partial charge >= 0.3 is 12.1 Å². The number of carbonyl (C=O) groups excluding carboxylic acids is 2. The maximum atomic E-state index is 12.7. The number of halogens is 3. The summed E-state index contributed by atoms with van der Waals surface area (Å²) in [5.41, 5.74) is 0.765. The van der Waals surface area contributed by atoms with E-state index in [4.69, 9.17) is 0 Å². The van der Waals surface area contributed by atoms with Gasteiger partial charge in [0.05, 0.1) is 6.61 Å². The number of alkyl halides is 3. The van der Waals surface area contributed by atoms with Crippen LogP contribution in [0.25, 0.3) is 0 Å². The van der Waals surface area contributed by atoms with Crippen molar-refractivity contribution < 1.29 is 27.5 Å². The number of nitrogens with one attached hydrogen (secondary N) is 1. The second-order valence-corrected chi connectivity index (χ2v) is 4.07. The molecule has 0 radical (unpaired) electrons. The smallest absolute Gasteiger partial charge is 0.419 e. The lowest BCUT2D eigenvalue weighted by molar-refractivity contribution is -0.182. The molecule has 7 heteroatoms. The molecule has 1 rings (SSSR count). The summed E-state index contributed by atoms with van der Waals surface area (Å²) in [7, 11) is 0. The summed E-state index contributed by atoms with van der Waals surface area (Å²) in [6, 6.07) is 3.35. The third-order valence-corrected chi connectivity index (χ3v) is 2.41. The third-order valence-electron chi connectivity index (χ3n) is 2.41. The summed E-state index contributed by atoms with van der Waals surface area (Å²) in [6.45, 7) is 2.88. The number of carbonyl (C=O) groups is 2. The highest BCUT2D eigenvalue weighted by molar-refractivity contribution is 5.97. The van der Waals surface area contributed by atoms with Crippen molar-refractivity contribution in [1.82, 2.24) is 5.32 Å². The molecule has 1 atom stereocenters. The fourth-order valence-corrected chi connectivity index (χ4v) is 1.50. The van der Waals surface area contributed by atoms with Gasteiger partial charge in [0.2, 0.25) is 6.04 Å². The molecule has 0 heterocycles. The van der Waals surface area contributed by atoms with Crippen LogP contribution >= 0.6 is 0 Å². The van der Waals surface area contributed by atoms with Crippen LogP contribution in [0.1, 0.15) is 22.8 Å². The van der Waals surface area contributed by atoms with E-state index in [-0.39, 0.29) is 12.2 Å². The number of rotatable bonds is 4. The normalized spacial score (nSPS) is 12.7. The van der Waals surface area contributed by atoms with Crippen LogP contribution in [-0.2, 0) is 9.53 Å². The zero-order valence-corrected chi connectivity index (χ0v) is 11.0. The molecule has 0 fully saturated rings. The van der Waals surface area contributed by atoms with E-state index in [1.807, 2.05) is 0 Å². The molecule has 0 aliphatic heterocycles. The van der Waals surface area contributed by atoms with Gasteiger partial charge in [0.15, 0.2) is 0 Å². The Kier molecular flexibility index (Phi) is 5.12. The summed E-state index contributed by atoms with van der Waals surface area (Å²) in [5, 5.41) is 1.65. The SMILES string of the molecule is CCOC(=O)C(NC(=O)c1cccc(C)c1)C(F)(F)F. The Bertz CT molecular complexity index is 500. The Morgan fingerprint density at radius 3 is 2.50 bits per heavy atom. The van der Waals surface area contributed by atoms with Gasteiger partial charge in [0.1, 0.15) is 0 Å². The highest BCUT2D eigenvalue weighted by Gasteiger charge is 2.47. The number of benzene rings is 1. The Morgan fingerprint density at radius 2 is 2.00 bits per heavy atom. The molecule has 0 saturated heterocycles. The average Bonchev–Trinajstić information content (AvgIpc) is 2.34. The topological polar surface area (TPSA) is 55.4 Å². The maximum absolute atomic E-state index is 12.7. The van der Waals surface area contributed by atoms with Gasteiger partial charge in [-0.15, -0.1) is 0 Å². The number of hydrogen-bond donors (Lipinski definition) is 1. The van der Waals surface area contributed by atoms with Crippen molar-refractivity contribution in [3.63, 3.8) is 0 Å². The monoisotopic (exact) mass is 289 g/mol. The molecular weight excluding hydrogens is 275 g/mol. The summed E-state index contributed by atoms with van der Waals surface area (Å²) >= 11 is 0. The number of hydrogen-bond acceptors (Lipinski definition) is 3. The lowest BCUT2D eigenvalue weighted by atomic mass is 10.1. The molecule has 1 aromatic carbocycles. The Morgan fingerprint density at radius 1 is 1.35 bits per heavy atom. The van der Waals surface area contributed by atoms with Crippen LogP contribution in [0.4, 0.5) is 13.2 Å². The second kappa shape index (κ2) is 6.40. The number of aryl methyl sites for hydroxylation is 1. The van der Waals surface area contributed by atoms with Crippen LogP contribution in [0, 0.1) is 6.92 Å². The Balaban J connectivity index is 2.90. The van der Waals surface area contributed by atoms with Gasteiger partial charge in [-0.2, -0.15) is 13.2 Å². The van der Waals surface area contributed by atoms with Crippen molar-refractivity contribution in [3.05, 3.63) is 35.4 Å². The van der Waals surface area contributed by atoms with Gasteiger partial charge in [-0.1, -0.05) is 17.7 Å². The third kappa shape index (κ3) is 4.25. The minimum atomic E-state index is -4.91. The minimum Gasteiger partial charge on any atom is -0.464 e. The summed E-state index contributed by atoms with van der Waals surface area (Å²) in [5.74, 6) is -2.51. The van der Waals surface area contributed by atoms with Gasteiger partial charge in [-0.3, -0.25) is 4.79 Å². The predicted octanol–water partition coefficient (Wildman–Crippen LogP) is 2.22. The minimum absolute atomic E-state index is 0.0450. The number of esters is 1. The molecule has 0 spiro atoms. The first kappa shape index (κ1) is 16.0. The molecule has 0 aliphatic carbocycles. The van der Waals surface area contributed by atoms with E-state index in [1.54, 1.807) is 18.3 Å². The van der Waals surface area contributed by atoms with E-state index in [0.717, 1.165) is 5.56 Å². The zero-order valence-electron chi connectivity index (χ0n) is 11.0. The molecule has 0 aliphatic rings. The van der Waals surface area contributed by atoms with Crippen molar-refractivity contribution in [2.75, 3.05) is 6.61 Å². The highest BCUT2D eigenvalue weighted by Crippen LogP contribution is 2.21. The van der Waals surface area contributed by atoms with E-state index in [2.05, 4.69) is 4.74 Å². The van der Waals surface area contributed by atoms with Crippen molar-refractivity contribution >= 4 is 11.9 Å². The van der Waals surface area contributed by atoms with Gasteiger partial charge < -0.3 is 10.1 Å². The first-order valence-corrected chi connectivity index (χ1v) is 5.86. The van der Waals surface area contributed by atoms with Crippen molar-refractivity contribution in [3.8, 4) is 0 Å². The summed E-state index contributed by atoms with van der Waals surface area (Å²) in [6.07, 6.45) is -4.91. The van der Waals surface area contributed by atoms with Gasteiger partial charge in [0, 0.05) is 5.56 Å². The second-order valence-electron chi connectivity index (χ2n) is 4.07. The van der Waals surface area contributed by atoms with Crippen molar-refractivity contribution in [2.45, 2.75) is 26.1 Å². The standard InChI is InChI=1S/C13H14F3NO3/c1-3-20-12(19)10(13(14,15)16)17-11(18)9-6-4-5-8(2)7-9/h4-7,10H,3H2,1-2H3,(H,17,18). The van der Waals surface area contributed by atoms with E-state index in [9.17, 15) is 22.8 Å². The van der Waals surface area contributed by atoms with Crippen molar-refractivity contribution in [2.24, 2.45) is 0 Å². The van der Waals surface area contributed by atoms with Gasteiger partial charge in [-0.05, 0) is 26.0 Å². The van der Waals surface area contributed by atoms with Gasteiger partial charge in [0.25, 0.3) is 5.91 Å². The number of amides is 1. The van der Waals surface area contributed by atoms with Crippen LogP contribution in [-0.4, -0.2) is 30.7 Å². The Labute approximate surface area is 113 Å². The van der Waals surface area contributed by atoms with E-state index < -0.39 is 24.1 Å². The van der Waals surface area contributed by atoms with Crippen LogP contribution in [0.15, 0.2) is 24.3 Å². The molecule has 4 nitrogen and oxygen atoms in total. The summed E-state index contributed by atoms with van der Waals surface area (Å²) < 4.78 is 42.5. The predicted molar refractivity (Wildman–Crippen MR) is 65.1 cm³/mol. The average molecular weight is 289 g/mol. The molecule has 0 bridgehead atoms. The zero-order chi connectivity index (χ0) is 15.3. The molecule has 1 amide bonds. The largest absolute Gasteiger partial charge is 0.464 e. The van der Waals surface area contributed by atoms with Crippen LogP contribution in [0.3, 0.4) is 0 Å². The van der Waals surface area contributed by atoms with E-state index >= 15 is 0 Å². The van der Waals surface area contributed by atoms with Crippen molar-refractivity contribution in [1.29, 1.82) is 0 Å². The lowest BCUT2D eigenvalue weighted by Gasteiger charge is -2.19. The van der Waals surface area contributed by atoms with Crippen LogP contribution in [0.5, 0.6) is 0 Å².